The number of hydrogen-bond donors (Lipinski definition) is 1. The summed E-state index contributed by atoms with van der Waals surface area (Å²) in [6.45, 7) is -0.324. The van der Waals surface area contributed by atoms with Gasteiger partial charge in [-0.15, -0.1) is 0 Å². The van der Waals surface area contributed by atoms with Crippen LogP contribution in [0.1, 0.15) is 15.9 Å². The second-order valence-electron chi connectivity index (χ2n) is 6.86. The topological polar surface area (TPSA) is 68.4 Å². The van der Waals surface area contributed by atoms with Crippen molar-refractivity contribution < 1.29 is 19.1 Å². The Morgan fingerprint density at radius 1 is 0.867 bits per heavy atom. The molecule has 0 aliphatic heterocycles. The molecule has 30 heavy (non-hydrogen) atoms. The number of aromatic amines is 1. The zero-order valence-corrected chi connectivity index (χ0v) is 16.6. The van der Waals surface area contributed by atoms with E-state index in [4.69, 9.17) is 9.47 Å². The van der Waals surface area contributed by atoms with Crippen LogP contribution >= 0.6 is 0 Å². The number of hydrogen-bond acceptors (Lipinski definition) is 4. The molecule has 1 heterocycles. The van der Waals surface area contributed by atoms with E-state index in [2.05, 4.69) is 4.98 Å². The number of benzene rings is 3. The van der Waals surface area contributed by atoms with E-state index in [1.807, 2.05) is 66.7 Å². The first-order chi connectivity index (χ1) is 14.7. The lowest BCUT2D eigenvalue weighted by Crippen LogP contribution is -2.16. The lowest BCUT2D eigenvalue weighted by atomic mass is 10.0. The maximum atomic E-state index is 13.1. The molecule has 4 rings (SSSR count). The van der Waals surface area contributed by atoms with Crippen molar-refractivity contribution in [2.75, 3.05) is 13.7 Å². The molecule has 150 valence electrons. The Kier molecular flexibility index (Phi) is 5.61. The number of carbonyl (C=O) groups is 2. The third kappa shape index (κ3) is 3.96. The normalized spacial score (nSPS) is 10.7. The fourth-order valence-electron chi connectivity index (χ4n) is 3.53. The van der Waals surface area contributed by atoms with Crippen LogP contribution in [-0.4, -0.2) is 30.5 Å². The molecule has 0 saturated carbocycles. The van der Waals surface area contributed by atoms with Crippen LogP contribution in [0.2, 0.25) is 0 Å². The number of para-hydroxylation sites is 2. The van der Waals surface area contributed by atoms with Crippen LogP contribution in [0.15, 0.2) is 78.9 Å². The first-order valence-electron chi connectivity index (χ1n) is 9.64. The molecule has 5 heteroatoms. The average Bonchev–Trinajstić information content (AvgIpc) is 3.18. The maximum Gasteiger partial charge on any atom is 0.310 e. The summed E-state index contributed by atoms with van der Waals surface area (Å²) in [6, 6.07) is 24.5. The minimum Gasteiger partial charge on any atom is -0.496 e. The lowest BCUT2D eigenvalue weighted by Gasteiger charge is -2.09. The Balaban J connectivity index is 1.56. The van der Waals surface area contributed by atoms with Crippen molar-refractivity contribution in [2.45, 2.75) is 6.42 Å². The highest BCUT2D eigenvalue weighted by Gasteiger charge is 2.21. The zero-order valence-electron chi connectivity index (χ0n) is 16.6. The summed E-state index contributed by atoms with van der Waals surface area (Å²) in [6.07, 6.45) is 0.0384. The molecule has 0 fully saturated rings. The Morgan fingerprint density at radius 3 is 2.37 bits per heavy atom. The number of fused-ring (bicyclic) bond motifs is 1. The Labute approximate surface area is 174 Å². The van der Waals surface area contributed by atoms with Crippen LogP contribution < -0.4 is 4.74 Å². The lowest BCUT2D eigenvalue weighted by molar-refractivity contribution is -0.141. The SMILES string of the molecule is COc1ccccc1CC(=O)OCC(=O)c1c(-c2ccccc2)[nH]c2ccccc12. The number of ether oxygens (including phenoxy) is 2. The van der Waals surface area contributed by atoms with Gasteiger partial charge in [-0.05, 0) is 17.7 Å². The summed E-state index contributed by atoms with van der Waals surface area (Å²) < 4.78 is 10.6. The predicted molar refractivity (Wildman–Crippen MR) is 116 cm³/mol. The van der Waals surface area contributed by atoms with E-state index < -0.39 is 5.97 Å². The van der Waals surface area contributed by atoms with Gasteiger partial charge < -0.3 is 14.5 Å². The smallest absolute Gasteiger partial charge is 0.310 e. The highest BCUT2D eigenvalue weighted by molar-refractivity contribution is 6.14. The number of H-pyrrole nitrogens is 1. The fourth-order valence-corrected chi connectivity index (χ4v) is 3.53. The van der Waals surface area contributed by atoms with Gasteiger partial charge in [-0.2, -0.15) is 0 Å². The average molecular weight is 399 g/mol. The number of carbonyl (C=O) groups excluding carboxylic acids is 2. The maximum absolute atomic E-state index is 13.1. The Morgan fingerprint density at radius 2 is 1.57 bits per heavy atom. The molecule has 0 atom stereocenters. The monoisotopic (exact) mass is 399 g/mol. The van der Waals surface area contributed by atoms with Gasteiger partial charge in [0.1, 0.15) is 5.75 Å². The molecule has 0 amide bonds. The molecule has 1 N–H and O–H groups in total. The third-order valence-electron chi connectivity index (χ3n) is 4.94. The van der Waals surface area contributed by atoms with E-state index in [0.717, 1.165) is 27.7 Å². The number of Topliss-reactive ketones (excluding diaryl/α,β-unsaturated/α-hetero) is 1. The van der Waals surface area contributed by atoms with Gasteiger partial charge in [0.2, 0.25) is 5.78 Å². The van der Waals surface area contributed by atoms with Gasteiger partial charge >= 0.3 is 5.97 Å². The molecule has 4 aromatic rings. The summed E-state index contributed by atoms with van der Waals surface area (Å²) in [4.78, 5) is 28.7. The van der Waals surface area contributed by atoms with Crippen molar-refractivity contribution in [1.29, 1.82) is 0 Å². The molecule has 0 aliphatic rings. The van der Waals surface area contributed by atoms with Crippen molar-refractivity contribution in [3.05, 3.63) is 90.0 Å². The molecule has 0 aliphatic carbocycles. The number of ketones is 1. The standard InChI is InChI=1S/C25H21NO4/c1-29-22-14-8-5-11-18(22)15-23(28)30-16-21(27)24-19-12-6-7-13-20(19)26-25(24)17-9-3-2-4-10-17/h2-14,26H,15-16H2,1H3. The van der Waals surface area contributed by atoms with Gasteiger partial charge in [-0.25, -0.2) is 0 Å². The van der Waals surface area contributed by atoms with Gasteiger partial charge in [0, 0.05) is 16.5 Å². The molecule has 0 bridgehead atoms. The minimum atomic E-state index is -0.478. The second kappa shape index (κ2) is 8.66. The molecule has 3 aromatic carbocycles. The second-order valence-corrected chi connectivity index (χ2v) is 6.86. The molecular formula is C25H21NO4. The fraction of sp³-hybridized carbons (Fsp3) is 0.120. The van der Waals surface area contributed by atoms with Crippen LogP contribution in [-0.2, 0) is 16.0 Å². The van der Waals surface area contributed by atoms with Crippen LogP contribution in [0.3, 0.4) is 0 Å². The number of methoxy groups -OCH3 is 1. The summed E-state index contributed by atoms with van der Waals surface area (Å²) >= 11 is 0. The highest BCUT2D eigenvalue weighted by atomic mass is 16.5. The van der Waals surface area contributed by atoms with E-state index >= 15 is 0 Å². The summed E-state index contributed by atoms with van der Waals surface area (Å²) in [5.41, 5.74) is 3.73. The number of esters is 1. The first kappa shape index (κ1) is 19.5. The number of aromatic nitrogens is 1. The van der Waals surface area contributed by atoms with Gasteiger partial charge in [0.25, 0.3) is 0 Å². The summed E-state index contributed by atoms with van der Waals surface area (Å²) in [5, 5.41) is 0.808. The van der Waals surface area contributed by atoms with E-state index in [-0.39, 0.29) is 18.8 Å². The quantitative estimate of drug-likeness (QED) is 0.358. The number of rotatable bonds is 7. The third-order valence-corrected chi connectivity index (χ3v) is 4.94. The summed E-state index contributed by atoms with van der Waals surface area (Å²) in [5.74, 6) is -0.114. The van der Waals surface area contributed by atoms with E-state index in [1.165, 1.54) is 0 Å². The summed E-state index contributed by atoms with van der Waals surface area (Å²) in [7, 11) is 1.55. The molecule has 0 spiro atoms. The first-order valence-corrected chi connectivity index (χ1v) is 9.64. The molecule has 0 saturated heterocycles. The van der Waals surface area contributed by atoms with Gasteiger partial charge in [0.15, 0.2) is 6.61 Å². The van der Waals surface area contributed by atoms with Crippen LogP contribution in [0.4, 0.5) is 0 Å². The van der Waals surface area contributed by atoms with E-state index in [0.29, 0.717) is 11.3 Å². The van der Waals surface area contributed by atoms with Crippen LogP contribution in [0, 0.1) is 0 Å². The van der Waals surface area contributed by atoms with Gasteiger partial charge in [-0.3, -0.25) is 9.59 Å². The van der Waals surface area contributed by atoms with Crippen LogP contribution in [0.25, 0.3) is 22.2 Å². The van der Waals surface area contributed by atoms with Crippen molar-refractivity contribution in [3.63, 3.8) is 0 Å². The van der Waals surface area contributed by atoms with Crippen molar-refractivity contribution in [3.8, 4) is 17.0 Å². The molecule has 1 aromatic heterocycles. The Hall–Kier alpha value is -3.86. The molecule has 5 nitrogen and oxygen atoms in total. The van der Waals surface area contributed by atoms with Crippen molar-refractivity contribution in [1.82, 2.24) is 4.98 Å². The molecule has 0 radical (unpaired) electrons. The van der Waals surface area contributed by atoms with E-state index in [9.17, 15) is 9.59 Å². The number of nitrogens with one attached hydrogen (secondary N) is 1. The van der Waals surface area contributed by atoms with Crippen molar-refractivity contribution in [2.24, 2.45) is 0 Å². The minimum absolute atomic E-state index is 0.0384. The van der Waals surface area contributed by atoms with E-state index in [1.54, 1.807) is 19.2 Å². The van der Waals surface area contributed by atoms with Crippen LogP contribution in [0.5, 0.6) is 5.75 Å². The molecular weight excluding hydrogens is 378 g/mol. The predicted octanol–water partition coefficient (Wildman–Crippen LogP) is 4.81. The van der Waals surface area contributed by atoms with Crippen molar-refractivity contribution >= 4 is 22.7 Å². The molecule has 0 unspecified atom stereocenters. The highest BCUT2D eigenvalue weighted by Crippen LogP contribution is 2.30. The van der Waals surface area contributed by atoms with Gasteiger partial charge in [-0.1, -0.05) is 66.7 Å². The zero-order chi connectivity index (χ0) is 20.9. The Bertz CT molecular complexity index is 1190. The largest absolute Gasteiger partial charge is 0.496 e. The van der Waals surface area contributed by atoms with Gasteiger partial charge in [0.05, 0.1) is 24.8 Å².